The molecule has 136 valence electrons. The van der Waals surface area contributed by atoms with Gasteiger partial charge in [0.25, 0.3) is 0 Å². The highest BCUT2D eigenvalue weighted by atomic mass is 16.2. The summed E-state index contributed by atoms with van der Waals surface area (Å²) in [6.45, 7) is 2.91. The Morgan fingerprint density at radius 2 is 1.74 bits per heavy atom. The van der Waals surface area contributed by atoms with Gasteiger partial charge in [-0.05, 0) is 47.4 Å². The zero-order valence-corrected chi connectivity index (χ0v) is 15.1. The molecule has 0 radical (unpaired) electrons. The van der Waals surface area contributed by atoms with Gasteiger partial charge in [-0.1, -0.05) is 42.5 Å². The van der Waals surface area contributed by atoms with E-state index in [1.54, 1.807) is 12.3 Å². The summed E-state index contributed by atoms with van der Waals surface area (Å²) in [5, 5.41) is 5.62. The lowest BCUT2D eigenvalue weighted by atomic mass is 10.1. The van der Waals surface area contributed by atoms with Gasteiger partial charge in [-0.15, -0.1) is 0 Å². The van der Waals surface area contributed by atoms with Crippen LogP contribution < -0.4 is 10.6 Å². The number of urea groups is 1. The first kappa shape index (κ1) is 17.2. The molecule has 3 aromatic rings. The molecular weight excluding hydrogens is 336 g/mol. The predicted molar refractivity (Wildman–Crippen MR) is 108 cm³/mol. The Bertz CT molecular complexity index is 912. The van der Waals surface area contributed by atoms with E-state index in [0.717, 1.165) is 31.7 Å². The van der Waals surface area contributed by atoms with E-state index in [0.29, 0.717) is 5.82 Å². The fraction of sp³-hybridized carbons (Fsp3) is 0.182. The maximum Gasteiger partial charge on any atom is 0.324 e. The molecule has 2 aromatic carbocycles. The molecule has 2 heterocycles. The van der Waals surface area contributed by atoms with Crippen LogP contribution in [0, 0.1) is 0 Å². The Balaban J connectivity index is 1.33. The molecule has 5 nitrogen and oxygen atoms in total. The third kappa shape index (κ3) is 4.51. The van der Waals surface area contributed by atoms with Crippen LogP contribution in [0.1, 0.15) is 16.7 Å². The number of hydrogen-bond acceptors (Lipinski definition) is 3. The van der Waals surface area contributed by atoms with E-state index in [1.165, 1.54) is 16.7 Å². The Morgan fingerprint density at radius 3 is 2.56 bits per heavy atom. The van der Waals surface area contributed by atoms with Crippen molar-refractivity contribution < 1.29 is 4.79 Å². The molecule has 27 heavy (non-hydrogen) atoms. The van der Waals surface area contributed by atoms with Crippen molar-refractivity contribution in [1.29, 1.82) is 0 Å². The number of nitrogens with one attached hydrogen (secondary N) is 2. The van der Waals surface area contributed by atoms with Crippen LogP contribution in [0.25, 0.3) is 0 Å². The first-order valence-electron chi connectivity index (χ1n) is 9.13. The summed E-state index contributed by atoms with van der Waals surface area (Å²) in [4.78, 5) is 18.7. The highest BCUT2D eigenvalue weighted by molar-refractivity contribution is 5.99. The number of aromatic nitrogens is 1. The van der Waals surface area contributed by atoms with Gasteiger partial charge < -0.3 is 5.32 Å². The zero-order valence-electron chi connectivity index (χ0n) is 15.1. The topological polar surface area (TPSA) is 57.3 Å². The largest absolute Gasteiger partial charge is 0.324 e. The zero-order chi connectivity index (χ0) is 18.5. The average molecular weight is 358 g/mol. The van der Waals surface area contributed by atoms with Crippen LogP contribution >= 0.6 is 0 Å². The van der Waals surface area contributed by atoms with Crippen LogP contribution in [0.4, 0.5) is 16.3 Å². The summed E-state index contributed by atoms with van der Waals surface area (Å²) < 4.78 is 0. The van der Waals surface area contributed by atoms with Crippen molar-refractivity contribution in [3.63, 3.8) is 0 Å². The van der Waals surface area contributed by atoms with E-state index in [2.05, 4.69) is 56.9 Å². The highest BCUT2D eigenvalue weighted by Gasteiger charge is 2.19. The van der Waals surface area contributed by atoms with E-state index >= 15 is 0 Å². The van der Waals surface area contributed by atoms with Crippen LogP contribution in [0.15, 0.2) is 72.9 Å². The number of nitrogens with zero attached hydrogens (tertiary/aromatic N) is 2. The second kappa shape index (κ2) is 8.01. The van der Waals surface area contributed by atoms with E-state index in [9.17, 15) is 4.79 Å². The van der Waals surface area contributed by atoms with E-state index in [4.69, 9.17) is 0 Å². The molecule has 0 aliphatic carbocycles. The maximum atomic E-state index is 12.1. The first-order valence-corrected chi connectivity index (χ1v) is 9.13. The molecule has 1 aliphatic rings. The Labute approximate surface area is 159 Å². The van der Waals surface area contributed by atoms with Crippen LogP contribution in [0.2, 0.25) is 0 Å². The Hall–Kier alpha value is -3.18. The molecule has 4 rings (SSSR count). The van der Waals surface area contributed by atoms with Gasteiger partial charge in [0.05, 0.1) is 0 Å². The average Bonchev–Trinajstić information content (AvgIpc) is 3.10. The van der Waals surface area contributed by atoms with Crippen LogP contribution in [0.5, 0.6) is 0 Å². The number of pyridine rings is 1. The Kier molecular flexibility index (Phi) is 5.12. The smallest absolute Gasteiger partial charge is 0.308 e. The van der Waals surface area contributed by atoms with Crippen LogP contribution in [0.3, 0.4) is 0 Å². The number of rotatable bonds is 5. The van der Waals surface area contributed by atoms with Crippen molar-refractivity contribution in [2.45, 2.75) is 19.5 Å². The van der Waals surface area contributed by atoms with Crippen molar-refractivity contribution >= 4 is 17.5 Å². The molecule has 1 aliphatic heterocycles. The summed E-state index contributed by atoms with van der Waals surface area (Å²) in [6.07, 6.45) is 2.70. The van der Waals surface area contributed by atoms with Gasteiger partial charge in [0, 0.05) is 31.5 Å². The molecule has 5 heteroatoms. The molecule has 2 N–H and O–H groups in total. The number of anilines is 2. The Morgan fingerprint density at radius 1 is 0.926 bits per heavy atom. The van der Waals surface area contributed by atoms with E-state index in [1.807, 2.05) is 24.3 Å². The number of amides is 2. The van der Waals surface area contributed by atoms with Gasteiger partial charge in [-0.3, -0.25) is 10.2 Å². The minimum Gasteiger partial charge on any atom is -0.308 e. The predicted octanol–water partition coefficient (Wildman–Crippen LogP) is 4.28. The van der Waals surface area contributed by atoms with Gasteiger partial charge in [-0.2, -0.15) is 0 Å². The van der Waals surface area contributed by atoms with Crippen molar-refractivity contribution in [2.24, 2.45) is 0 Å². The van der Waals surface area contributed by atoms with E-state index < -0.39 is 0 Å². The monoisotopic (exact) mass is 358 g/mol. The summed E-state index contributed by atoms with van der Waals surface area (Å²) in [5.74, 6) is 0.531. The molecule has 0 spiro atoms. The van der Waals surface area contributed by atoms with Crippen molar-refractivity contribution in [3.8, 4) is 0 Å². The van der Waals surface area contributed by atoms with Crippen LogP contribution in [-0.4, -0.2) is 22.5 Å². The summed E-state index contributed by atoms with van der Waals surface area (Å²) in [7, 11) is 0. The third-order valence-corrected chi connectivity index (χ3v) is 4.72. The van der Waals surface area contributed by atoms with Crippen molar-refractivity contribution in [2.75, 3.05) is 17.2 Å². The fourth-order valence-corrected chi connectivity index (χ4v) is 3.35. The van der Waals surface area contributed by atoms with Gasteiger partial charge >= 0.3 is 6.03 Å². The number of hydrogen-bond donors (Lipinski definition) is 2. The minimum absolute atomic E-state index is 0.285. The quantitative estimate of drug-likeness (QED) is 0.715. The number of fused-ring (bicyclic) bond motifs is 1. The SMILES string of the molecule is O=C(Nc1ccc2c(c1)CN(CCc1ccccc1)C2)Nc1ccccn1. The molecule has 1 aromatic heterocycles. The second-order valence-corrected chi connectivity index (χ2v) is 6.72. The number of benzene rings is 2. The minimum atomic E-state index is -0.285. The first-order chi connectivity index (χ1) is 13.3. The lowest BCUT2D eigenvalue weighted by Gasteiger charge is -2.14. The normalized spacial score (nSPS) is 13.2. The maximum absolute atomic E-state index is 12.1. The molecule has 0 bridgehead atoms. The molecule has 0 atom stereocenters. The highest BCUT2D eigenvalue weighted by Crippen LogP contribution is 2.26. The summed E-state index contributed by atoms with van der Waals surface area (Å²) in [6, 6.07) is 21.8. The van der Waals surface area contributed by atoms with Gasteiger partial charge in [0.1, 0.15) is 5.82 Å². The standard InChI is InChI=1S/C22H22N4O/c27-22(25-21-8-4-5-12-23-21)24-20-10-9-18-15-26(16-19(18)14-20)13-11-17-6-2-1-3-7-17/h1-10,12,14H,11,13,15-16H2,(H2,23,24,25,27). The lowest BCUT2D eigenvalue weighted by Crippen LogP contribution is -2.20. The summed E-state index contributed by atoms with van der Waals surface area (Å²) >= 11 is 0. The molecule has 0 fully saturated rings. The molecule has 0 unspecified atom stereocenters. The molecule has 0 saturated carbocycles. The number of carbonyl (C=O) groups is 1. The number of carbonyl (C=O) groups excluding carboxylic acids is 1. The van der Waals surface area contributed by atoms with Gasteiger partial charge in [0.2, 0.25) is 0 Å². The van der Waals surface area contributed by atoms with Crippen LogP contribution in [-0.2, 0) is 19.5 Å². The van der Waals surface area contributed by atoms with Crippen molar-refractivity contribution in [3.05, 3.63) is 89.6 Å². The summed E-state index contributed by atoms with van der Waals surface area (Å²) in [5.41, 5.74) is 4.77. The van der Waals surface area contributed by atoms with E-state index in [-0.39, 0.29) is 6.03 Å². The third-order valence-electron chi connectivity index (χ3n) is 4.72. The lowest BCUT2D eigenvalue weighted by molar-refractivity contribution is 0.262. The molecule has 2 amide bonds. The molecular formula is C22H22N4O. The second-order valence-electron chi connectivity index (χ2n) is 6.72. The fourth-order valence-electron chi connectivity index (χ4n) is 3.35. The van der Waals surface area contributed by atoms with Gasteiger partial charge in [0.15, 0.2) is 0 Å². The van der Waals surface area contributed by atoms with Gasteiger partial charge in [-0.25, -0.2) is 9.78 Å². The molecule has 0 saturated heterocycles. The van der Waals surface area contributed by atoms with Crippen molar-refractivity contribution in [1.82, 2.24) is 9.88 Å².